The summed E-state index contributed by atoms with van der Waals surface area (Å²) in [4.78, 5) is 13.1. The SMILES string of the molecule is CCOP(=O)(OCC)C1(Nc2ccc(OC)cc2)C(=O)Nc2ccccc21. The lowest BCUT2D eigenvalue weighted by atomic mass is 10.1. The number of ether oxygens (including phenoxy) is 1. The van der Waals surface area contributed by atoms with E-state index in [2.05, 4.69) is 10.6 Å². The van der Waals surface area contributed by atoms with Crippen molar-refractivity contribution in [1.82, 2.24) is 0 Å². The molecule has 27 heavy (non-hydrogen) atoms. The average molecular weight is 390 g/mol. The number of anilines is 2. The van der Waals surface area contributed by atoms with Crippen LogP contribution in [0.1, 0.15) is 19.4 Å². The average Bonchev–Trinajstić information content (AvgIpc) is 2.96. The van der Waals surface area contributed by atoms with E-state index in [0.717, 1.165) is 0 Å². The molecule has 2 aromatic carbocycles. The van der Waals surface area contributed by atoms with Crippen LogP contribution >= 0.6 is 7.60 Å². The molecule has 3 rings (SSSR count). The summed E-state index contributed by atoms with van der Waals surface area (Å²) in [6.07, 6.45) is 0. The molecule has 1 heterocycles. The van der Waals surface area contributed by atoms with Crippen LogP contribution < -0.4 is 15.4 Å². The Labute approximate surface area is 158 Å². The van der Waals surface area contributed by atoms with Gasteiger partial charge in [0.15, 0.2) is 0 Å². The maximum atomic E-state index is 13.8. The lowest BCUT2D eigenvalue weighted by molar-refractivity contribution is -0.118. The van der Waals surface area contributed by atoms with E-state index in [1.165, 1.54) is 0 Å². The van der Waals surface area contributed by atoms with Crippen molar-refractivity contribution in [2.24, 2.45) is 0 Å². The molecule has 0 aliphatic carbocycles. The summed E-state index contributed by atoms with van der Waals surface area (Å²) in [5.41, 5.74) is 1.68. The predicted molar refractivity (Wildman–Crippen MR) is 104 cm³/mol. The van der Waals surface area contributed by atoms with E-state index in [1.54, 1.807) is 69.5 Å². The van der Waals surface area contributed by atoms with Crippen LogP contribution in [-0.2, 0) is 23.7 Å². The van der Waals surface area contributed by atoms with Crippen molar-refractivity contribution in [1.29, 1.82) is 0 Å². The fraction of sp³-hybridized carbons (Fsp3) is 0.316. The van der Waals surface area contributed by atoms with E-state index in [9.17, 15) is 9.36 Å². The van der Waals surface area contributed by atoms with E-state index in [4.69, 9.17) is 13.8 Å². The summed E-state index contributed by atoms with van der Waals surface area (Å²) >= 11 is 0. The highest BCUT2D eigenvalue weighted by atomic mass is 31.2. The first kappa shape index (κ1) is 19.4. The summed E-state index contributed by atoms with van der Waals surface area (Å²) in [5.74, 6) is 0.188. The van der Waals surface area contributed by atoms with Gasteiger partial charge in [0.05, 0.1) is 20.3 Å². The summed E-state index contributed by atoms with van der Waals surface area (Å²) in [7, 11) is -2.35. The highest BCUT2D eigenvalue weighted by Gasteiger charge is 2.62. The van der Waals surface area contributed by atoms with E-state index in [-0.39, 0.29) is 13.2 Å². The Bertz CT molecular complexity index is 861. The Balaban J connectivity index is 2.17. The number of amides is 1. The number of rotatable bonds is 8. The second-order valence-corrected chi connectivity index (χ2v) is 8.08. The third-order valence-electron chi connectivity index (χ3n) is 4.32. The Morgan fingerprint density at radius 1 is 1.04 bits per heavy atom. The maximum absolute atomic E-state index is 13.8. The first-order valence-corrected chi connectivity index (χ1v) is 10.3. The molecule has 0 saturated carbocycles. The lowest BCUT2D eigenvalue weighted by Gasteiger charge is -2.35. The van der Waals surface area contributed by atoms with Gasteiger partial charge in [-0.3, -0.25) is 9.36 Å². The molecular weight excluding hydrogens is 367 g/mol. The van der Waals surface area contributed by atoms with Crippen molar-refractivity contribution >= 4 is 24.9 Å². The van der Waals surface area contributed by atoms with E-state index < -0.39 is 18.8 Å². The largest absolute Gasteiger partial charge is 0.497 e. The Morgan fingerprint density at radius 3 is 2.26 bits per heavy atom. The molecule has 0 spiro atoms. The second-order valence-electron chi connectivity index (χ2n) is 5.90. The predicted octanol–water partition coefficient (Wildman–Crippen LogP) is 4.18. The van der Waals surface area contributed by atoms with Crippen LogP contribution in [-0.4, -0.2) is 26.2 Å². The fourth-order valence-electron chi connectivity index (χ4n) is 3.16. The molecular formula is C19H23N2O5P. The molecule has 8 heteroatoms. The molecule has 0 radical (unpaired) electrons. The lowest BCUT2D eigenvalue weighted by Crippen LogP contribution is -2.43. The molecule has 0 fully saturated rings. The van der Waals surface area contributed by atoms with Crippen molar-refractivity contribution < 1.29 is 23.1 Å². The van der Waals surface area contributed by atoms with Crippen LogP contribution in [0.15, 0.2) is 48.5 Å². The molecule has 7 nitrogen and oxygen atoms in total. The number of nitrogens with one attached hydrogen (secondary N) is 2. The van der Waals surface area contributed by atoms with Gasteiger partial charge in [0.1, 0.15) is 5.75 Å². The van der Waals surface area contributed by atoms with Gasteiger partial charge >= 0.3 is 7.60 Å². The maximum Gasteiger partial charge on any atom is 0.370 e. The number of hydrogen-bond donors (Lipinski definition) is 2. The molecule has 0 aromatic heterocycles. The van der Waals surface area contributed by atoms with Crippen LogP contribution in [0.5, 0.6) is 5.75 Å². The minimum absolute atomic E-state index is 0.138. The number of para-hydroxylation sites is 1. The van der Waals surface area contributed by atoms with Gasteiger partial charge < -0.3 is 24.4 Å². The highest BCUT2D eigenvalue weighted by Crippen LogP contribution is 2.67. The molecule has 0 saturated heterocycles. The van der Waals surface area contributed by atoms with Crippen LogP contribution in [0.3, 0.4) is 0 Å². The zero-order valence-corrected chi connectivity index (χ0v) is 16.4. The second kappa shape index (κ2) is 7.72. The van der Waals surface area contributed by atoms with Gasteiger partial charge in [-0.15, -0.1) is 0 Å². The first-order chi connectivity index (χ1) is 13.0. The molecule has 1 amide bonds. The van der Waals surface area contributed by atoms with Crippen molar-refractivity contribution in [3.05, 3.63) is 54.1 Å². The Morgan fingerprint density at radius 2 is 1.67 bits per heavy atom. The van der Waals surface area contributed by atoms with Crippen molar-refractivity contribution in [3.8, 4) is 5.75 Å². The van der Waals surface area contributed by atoms with Gasteiger partial charge in [0.25, 0.3) is 5.91 Å². The molecule has 0 bridgehead atoms. The zero-order chi connectivity index (χ0) is 19.5. The summed E-state index contributed by atoms with van der Waals surface area (Å²) < 4.78 is 30.2. The smallest absolute Gasteiger partial charge is 0.370 e. The quantitative estimate of drug-likeness (QED) is 0.658. The summed E-state index contributed by atoms with van der Waals surface area (Å²) in [5, 5.41) is 4.25. The minimum atomic E-state index is -3.93. The normalized spacial score (nSPS) is 18.7. The highest BCUT2D eigenvalue weighted by molar-refractivity contribution is 7.56. The van der Waals surface area contributed by atoms with Crippen LogP contribution in [0.4, 0.5) is 11.4 Å². The summed E-state index contributed by atoms with van der Waals surface area (Å²) in [6, 6.07) is 14.1. The first-order valence-electron chi connectivity index (χ1n) is 8.73. The number of carbonyl (C=O) groups excluding carboxylic acids is 1. The number of fused-ring (bicyclic) bond motifs is 1. The van der Waals surface area contributed by atoms with Crippen molar-refractivity contribution in [3.63, 3.8) is 0 Å². The minimum Gasteiger partial charge on any atom is -0.497 e. The molecule has 2 N–H and O–H groups in total. The van der Waals surface area contributed by atoms with Crippen molar-refractivity contribution in [2.75, 3.05) is 31.0 Å². The standard InChI is InChI=1S/C19H23N2O5P/c1-4-25-27(23,26-5-2)19(21-14-10-12-15(24-3)13-11-14)16-8-6-7-9-17(16)20-18(19)22/h6-13,21H,4-5H2,1-3H3,(H,20,22). The Hall–Kier alpha value is -2.34. The number of methoxy groups -OCH3 is 1. The molecule has 1 atom stereocenters. The number of benzene rings is 2. The van der Waals surface area contributed by atoms with Gasteiger partial charge in [-0.25, -0.2) is 0 Å². The fourth-order valence-corrected chi connectivity index (χ4v) is 5.36. The molecule has 1 aliphatic heterocycles. The van der Waals surface area contributed by atoms with Gasteiger partial charge in [-0.1, -0.05) is 18.2 Å². The van der Waals surface area contributed by atoms with Gasteiger partial charge in [0, 0.05) is 16.9 Å². The van der Waals surface area contributed by atoms with E-state index >= 15 is 0 Å². The van der Waals surface area contributed by atoms with Gasteiger partial charge in [0.2, 0.25) is 5.28 Å². The monoisotopic (exact) mass is 390 g/mol. The van der Waals surface area contributed by atoms with Gasteiger partial charge in [-0.05, 0) is 44.2 Å². The topological polar surface area (TPSA) is 85.9 Å². The van der Waals surface area contributed by atoms with Crippen LogP contribution in [0, 0.1) is 0 Å². The third-order valence-corrected chi connectivity index (χ3v) is 6.89. The molecule has 1 aliphatic rings. The zero-order valence-electron chi connectivity index (χ0n) is 15.5. The Kier molecular flexibility index (Phi) is 5.56. The third kappa shape index (κ3) is 3.23. The number of hydrogen-bond acceptors (Lipinski definition) is 6. The van der Waals surface area contributed by atoms with E-state index in [1.807, 2.05) is 0 Å². The van der Waals surface area contributed by atoms with Crippen molar-refractivity contribution in [2.45, 2.75) is 19.1 Å². The summed E-state index contributed by atoms with van der Waals surface area (Å²) in [6.45, 7) is 3.70. The van der Waals surface area contributed by atoms with E-state index in [0.29, 0.717) is 22.7 Å². The number of carbonyl (C=O) groups is 1. The molecule has 2 aromatic rings. The molecule has 1 unspecified atom stereocenters. The van der Waals surface area contributed by atoms with Gasteiger partial charge in [-0.2, -0.15) is 0 Å². The van der Waals surface area contributed by atoms with Crippen LogP contribution in [0.25, 0.3) is 0 Å². The van der Waals surface area contributed by atoms with Crippen LogP contribution in [0.2, 0.25) is 0 Å². The molecule has 144 valence electrons.